The lowest BCUT2D eigenvalue weighted by Gasteiger charge is -2.14. The summed E-state index contributed by atoms with van der Waals surface area (Å²) in [4.78, 5) is 11.9. The number of aryl methyl sites for hydroxylation is 2. The molecule has 0 unspecified atom stereocenters. The molecule has 1 amide bonds. The molecule has 4 nitrogen and oxygen atoms in total. The minimum Gasteiger partial charge on any atom is -0.361 e. The van der Waals surface area contributed by atoms with E-state index in [9.17, 15) is 31.1 Å². The lowest BCUT2D eigenvalue weighted by Crippen LogP contribution is -2.16. The number of rotatable bonds is 4. The number of halogens is 6. The predicted molar refractivity (Wildman–Crippen MR) is 79.4 cm³/mol. The van der Waals surface area contributed by atoms with Gasteiger partial charge in [-0.2, -0.15) is 26.3 Å². The van der Waals surface area contributed by atoms with Gasteiger partial charge in [0.1, 0.15) is 5.76 Å². The Hall–Kier alpha value is -2.52. The highest BCUT2D eigenvalue weighted by molar-refractivity contribution is 5.91. The summed E-state index contributed by atoms with van der Waals surface area (Å²) in [5.41, 5.74) is -2.33. The van der Waals surface area contributed by atoms with E-state index in [1.807, 2.05) is 0 Å². The van der Waals surface area contributed by atoms with Crippen LogP contribution in [0, 0.1) is 13.8 Å². The van der Waals surface area contributed by atoms with Gasteiger partial charge >= 0.3 is 12.4 Å². The Labute approximate surface area is 144 Å². The van der Waals surface area contributed by atoms with Crippen LogP contribution in [0.2, 0.25) is 0 Å². The maximum atomic E-state index is 12.8. The standard InChI is InChI=1S/C16H14F6N2O2/c1-8-13(9(2)26-24-8)3-4-14(25)23-12-6-10(15(17,18)19)5-11(7-12)16(20,21)22/h5-7H,3-4H2,1-2H3,(H,23,25). The molecule has 0 aliphatic carbocycles. The normalized spacial score (nSPS) is 12.3. The molecule has 0 spiro atoms. The maximum absolute atomic E-state index is 12.8. The minimum atomic E-state index is -4.97. The van der Waals surface area contributed by atoms with Gasteiger partial charge in [0.05, 0.1) is 16.8 Å². The first-order chi connectivity index (χ1) is 11.9. The number of benzene rings is 1. The van der Waals surface area contributed by atoms with E-state index < -0.39 is 35.1 Å². The Morgan fingerprint density at radius 1 is 1.04 bits per heavy atom. The van der Waals surface area contributed by atoms with Crippen molar-refractivity contribution < 1.29 is 35.7 Å². The van der Waals surface area contributed by atoms with Crippen LogP contribution in [0.3, 0.4) is 0 Å². The number of amides is 1. The molecule has 1 heterocycles. The summed E-state index contributed by atoms with van der Waals surface area (Å²) in [6, 6.07) is 0.922. The summed E-state index contributed by atoms with van der Waals surface area (Å²) in [6.45, 7) is 3.29. The van der Waals surface area contributed by atoms with E-state index >= 15 is 0 Å². The molecule has 0 aliphatic rings. The zero-order valence-corrected chi connectivity index (χ0v) is 13.7. The van der Waals surface area contributed by atoms with Gasteiger partial charge in [-0.3, -0.25) is 4.79 Å². The number of carbonyl (C=O) groups excluding carboxylic acids is 1. The topological polar surface area (TPSA) is 55.1 Å². The Kier molecular flexibility index (Phi) is 5.33. The summed E-state index contributed by atoms with van der Waals surface area (Å²) in [7, 11) is 0. The first-order valence-corrected chi connectivity index (χ1v) is 7.39. The van der Waals surface area contributed by atoms with Crippen molar-refractivity contribution in [2.75, 3.05) is 5.32 Å². The van der Waals surface area contributed by atoms with Crippen LogP contribution in [0.5, 0.6) is 0 Å². The largest absolute Gasteiger partial charge is 0.416 e. The molecule has 0 fully saturated rings. The Bertz CT molecular complexity index is 756. The molecule has 0 saturated carbocycles. The van der Waals surface area contributed by atoms with E-state index in [2.05, 4.69) is 10.5 Å². The first kappa shape index (κ1) is 19.8. The zero-order chi connectivity index (χ0) is 19.7. The van der Waals surface area contributed by atoms with E-state index in [0.29, 0.717) is 29.2 Å². The molecular formula is C16H14F6N2O2. The molecule has 142 valence electrons. The summed E-state index contributed by atoms with van der Waals surface area (Å²) < 4.78 is 81.7. The van der Waals surface area contributed by atoms with Crippen molar-refractivity contribution in [2.45, 2.75) is 39.0 Å². The van der Waals surface area contributed by atoms with Crippen molar-refractivity contribution in [1.29, 1.82) is 0 Å². The van der Waals surface area contributed by atoms with Crippen LogP contribution < -0.4 is 5.32 Å². The Morgan fingerprint density at radius 3 is 2.00 bits per heavy atom. The van der Waals surface area contributed by atoms with E-state index in [-0.39, 0.29) is 18.9 Å². The fraction of sp³-hybridized carbons (Fsp3) is 0.375. The summed E-state index contributed by atoms with van der Waals surface area (Å²) in [5.74, 6) is -0.230. The number of anilines is 1. The molecule has 1 aromatic carbocycles. The highest BCUT2D eigenvalue weighted by atomic mass is 19.4. The van der Waals surface area contributed by atoms with Gasteiger partial charge in [-0.05, 0) is 38.5 Å². The van der Waals surface area contributed by atoms with Crippen LogP contribution in [0.4, 0.5) is 32.0 Å². The number of hydrogen-bond acceptors (Lipinski definition) is 3. The van der Waals surface area contributed by atoms with Crippen LogP contribution in [0.25, 0.3) is 0 Å². The second-order valence-corrected chi connectivity index (χ2v) is 5.65. The van der Waals surface area contributed by atoms with Gasteiger partial charge < -0.3 is 9.84 Å². The van der Waals surface area contributed by atoms with Crippen molar-refractivity contribution in [3.8, 4) is 0 Å². The SMILES string of the molecule is Cc1noc(C)c1CCC(=O)Nc1cc(C(F)(F)F)cc(C(F)(F)F)c1. The van der Waals surface area contributed by atoms with Crippen molar-refractivity contribution in [3.05, 3.63) is 46.3 Å². The summed E-state index contributed by atoms with van der Waals surface area (Å²) >= 11 is 0. The number of alkyl halides is 6. The van der Waals surface area contributed by atoms with Crippen LogP contribution in [0.1, 0.15) is 34.6 Å². The number of nitrogens with zero attached hydrogens (tertiary/aromatic N) is 1. The van der Waals surface area contributed by atoms with E-state index in [4.69, 9.17) is 4.52 Å². The number of carbonyl (C=O) groups is 1. The molecule has 0 atom stereocenters. The van der Waals surface area contributed by atoms with Crippen LogP contribution in [-0.4, -0.2) is 11.1 Å². The number of hydrogen-bond donors (Lipinski definition) is 1. The molecular weight excluding hydrogens is 366 g/mol. The fourth-order valence-corrected chi connectivity index (χ4v) is 2.35. The third-order valence-electron chi connectivity index (χ3n) is 3.65. The Morgan fingerprint density at radius 2 is 1.58 bits per heavy atom. The highest BCUT2D eigenvalue weighted by Crippen LogP contribution is 2.37. The lowest BCUT2D eigenvalue weighted by molar-refractivity contribution is -0.143. The first-order valence-electron chi connectivity index (χ1n) is 7.39. The molecule has 2 aromatic rings. The summed E-state index contributed by atoms with van der Waals surface area (Å²) in [5, 5.41) is 5.78. The molecule has 1 N–H and O–H groups in total. The number of nitrogens with one attached hydrogen (secondary N) is 1. The van der Waals surface area contributed by atoms with Crippen molar-refractivity contribution >= 4 is 11.6 Å². The van der Waals surface area contributed by atoms with E-state index in [0.717, 1.165) is 0 Å². The van der Waals surface area contributed by atoms with Gasteiger partial charge in [0.15, 0.2) is 0 Å². The van der Waals surface area contributed by atoms with Crippen LogP contribution in [0.15, 0.2) is 22.7 Å². The quantitative estimate of drug-likeness (QED) is 0.768. The molecule has 26 heavy (non-hydrogen) atoms. The monoisotopic (exact) mass is 380 g/mol. The van der Waals surface area contributed by atoms with Crippen LogP contribution >= 0.6 is 0 Å². The van der Waals surface area contributed by atoms with Crippen LogP contribution in [-0.2, 0) is 23.6 Å². The summed E-state index contributed by atoms with van der Waals surface area (Å²) in [6.07, 6.45) is -9.91. The fourth-order valence-electron chi connectivity index (χ4n) is 2.35. The van der Waals surface area contributed by atoms with Gasteiger partial charge in [0, 0.05) is 17.7 Å². The predicted octanol–water partition coefficient (Wildman–Crippen LogP) is 4.90. The molecule has 2 rings (SSSR count). The van der Waals surface area contributed by atoms with E-state index in [1.54, 1.807) is 13.8 Å². The average Bonchev–Trinajstić information content (AvgIpc) is 2.82. The average molecular weight is 380 g/mol. The number of aromatic nitrogens is 1. The van der Waals surface area contributed by atoms with Gasteiger partial charge in [-0.1, -0.05) is 5.16 Å². The minimum absolute atomic E-state index is 0.000478. The van der Waals surface area contributed by atoms with E-state index in [1.165, 1.54) is 0 Å². The van der Waals surface area contributed by atoms with Crippen molar-refractivity contribution in [2.24, 2.45) is 0 Å². The second kappa shape index (κ2) is 7.00. The van der Waals surface area contributed by atoms with Gasteiger partial charge in [0.25, 0.3) is 0 Å². The second-order valence-electron chi connectivity index (χ2n) is 5.65. The molecule has 0 radical (unpaired) electrons. The van der Waals surface area contributed by atoms with Gasteiger partial charge in [-0.25, -0.2) is 0 Å². The molecule has 1 aromatic heterocycles. The molecule has 10 heteroatoms. The molecule has 0 bridgehead atoms. The highest BCUT2D eigenvalue weighted by Gasteiger charge is 2.37. The van der Waals surface area contributed by atoms with Crippen molar-refractivity contribution in [1.82, 2.24) is 5.16 Å². The van der Waals surface area contributed by atoms with Gasteiger partial charge in [-0.15, -0.1) is 0 Å². The smallest absolute Gasteiger partial charge is 0.361 e. The third kappa shape index (κ3) is 4.77. The van der Waals surface area contributed by atoms with Gasteiger partial charge in [0.2, 0.25) is 5.91 Å². The van der Waals surface area contributed by atoms with Crippen molar-refractivity contribution in [3.63, 3.8) is 0 Å². The lowest BCUT2D eigenvalue weighted by atomic mass is 10.1. The Balaban J connectivity index is 2.18. The molecule has 0 saturated heterocycles. The molecule has 0 aliphatic heterocycles. The maximum Gasteiger partial charge on any atom is 0.416 e. The zero-order valence-electron chi connectivity index (χ0n) is 13.7. The third-order valence-corrected chi connectivity index (χ3v) is 3.65.